The highest BCUT2D eigenvalue weighted by atomic mass is 19.1. The Bertz CT molecular complexity index is 1450. The molecule has 0 saturated carbocycles. The summed E-state index contributed by atoms with van der Waals surface area (Å²) in [6.45, 7) is 2.20. The lowest BCUT2D eigenvalue weighted by atomic mass is 10.0. The minimum absolute atomic E-state index is 0.00931. The summed E-state index contributed by atoms with van der Waals surface area (Å²) in [7, 11) is 0. The lowest BCUT2D eigenvalue weighted by molar-refractivity contribution is -0.0173. The second-order valence-corrected chi connectivity index (χ2v) is 8.59. The van der Waals surface area contributed by atoms with Gasteiger partial charge in [0.05, 0.1) is 24.7 Å². The van der Waals surface area contributed by atoms with Gasteiger partial charge in [0.25, 0.3) is 5.91 Å². The summed E-state index contributed by atoms with van der Waals surface area (Å²) in [5.74, 6) is -0.691. The van der Waals surface area contributed by atoms with Crippen LogP contribution in [0.15, 0.2) is 65.8 Å². The van der Waals surface area contributed by atoms with Crippen molar-refractivity contribution in [1.82, 2.24) is 9.88 Å². The molecule has 9 heteroatoms. The molecule has 8 nitrogen and oxygen atoms in total. The number of fused-ring (bicyclic) bond motifs is 2. The van der Waals surface area contributed by atoms with Crippen LogP contribution in [0.3, 0.4) is 0 Å². The number of ether oxygens (including phenoxy) is 2. The van der Waals surface area contributed by atoms with Crippen LogP contribution in [0.4, 0.5) is 10.1 Å². The van der Waals surface area contributed by atoms with Crippen molar-refractivity contribution in [3.8, 4) is 11.6 Å². The molecular formula is C27H24FN3O5. The standard InChI is InChI=1S/C27H24FN3O5/c1-2-22(16-6-4-3-5-7-16)29-26(32)17-8-9-21-23(12-17)31(27(33)24(21)30-34)13-18-10-20(28)11-19-14-35-15-36-25(18)19/h3-12,22,33H,2,13-15H2,1H3,(H,29,32). The number of hydrogen-bond donors (Lipinski definition) is 2. The number of halogens is 1. The molecule has 184 valence electrons. The van der Waals surface area contributed by atoms with E-state index >= 15 is 0 Å². The first-order chi connectivity index (χ1) is 17.5. The highest BCUT2D eigenvalue weighted by molar-refractivity contribution is 6.02. The lowest BCUT2D eigenvalue weighted by Crippen LogP contribution is -2.28. The van der Waals surface area contributed by atoms with Crippen molar-refractivity contribution in [2.75, 3.05) is 6.79 Å². The molecule has 1 unspecified atom stereocenters. The Kier molecular flexibility index (Phi) is 6.39. The normalized spacial score (nSPS) is 13.6. The summed E-state index contributed by atoms with van der Waals surface area (Å²) in [4.78, 5) is 24.7. The number of benzene rings is 3. The smallest absolute Gasteiger partial charge is 0.251 e. The SMILES string of the molecule is CCC(NC(=O)c1ccc2c(N=O)c(O)n(Cc3cc(F)cc4c3OCOC4)c2c1)c1ccccc1. The Balaban J connectivity index is 1.53. The van der Waals surface area contributed by atoms with Gasteiger partial charge < -0.3 is 24.5 Å². The van der Waals surface area contributed by atoms with Crippen molar-refractivity contribution in [2.24, 2.45) is 5.18 Å². The molecule has 0 aliphatic carbocycles. The number of rotatable bonds is 7. The molecule has 36 heavy (non-hydrogen) atoms. The van der Waals surface area contributed by atoms with E-state index in [0.29, 0.717) is 39.8 Å². The van der Waals surface area contributed by atoms with Crippen molar-refractivity contribution < 1.29 is 23.8 Å². The van der Waals surface area contributed by atoms with E-state index in [4.69, 9.17) is 9.47 Å². The van der Waals surface area contributed by atoms with Crippen LogP contribution in [0.1, 0.15) is 46.4 Å². The molecule has 4 aromatic rings. The van der Waals surface area contributed by atoms with E-state index in [1.165, 1.54) is 16.7 Å². The second kappa shape index (κ2) is 9.79. The molecule has 1 amide bonds. The number of aromatic hydroxyl groups is 1. The Morgan fingerprint density at radius 3 is 2.75 bits per heavy atom. The summed E-state index contributed by atoms with van der Waals surface area (Å²) in [6.07, 6.45) is 0.697. The highest BCUT2D eigenvalue weighted by Gasteiger charge is 2.23. The Labute approximate surface area is 206 Å². The topological polar surface area (TPSA) is 102 Å². The Morgan fingerprint density at radius 2 is 2.00 bits per heavy atom. The van der Waals surface area contributed by atoms with Crippen molar-refractivity contribution in [2.45, 2.75) is 32.5 Å². The van der Waals surface area contributed by atoms with Gasteiger partial charge in [0.15, 0.2) is 12.5 Å². The number of carbonyl (C=O) groups is 1. The van der Waals surface area contributed by atoms with Crippen molar-refractivity contribution in [3.63, 3.8) is 0 Å². The van der Waals surface area contributed by atoms with Gasteiger partial charge in [-0.1, -0.05) is 37.3 Å². The van der Waals surface area contributed by atoms with Gasteiger partial charge in [-0.15, -0.1) is 4.91 Å². The number of hydrogen-bond acceptors (Lipinski definition) is 6. The highest BCUT2D eigenvalue weighted by Crippen LogP contribution is 2.40. The average Bonchev–Trinajstić information content (AvgIpc) is 3.17. The Hall–Kier alpha value is -4.24. The van der Waals surface area contributed by atoms with Crippen LogP contribution < -0.4 is 10.1 Å². The summed E-state index contributed by atoms with van der Waals surface area (Å²) in [5.41, 5.74) is 2.60. The summed E-state index contributed by atoms with van der Waals surface area (Å²) >= 11 is 0. The number of aromatic nitrogens is 1. The van der Waals surface area contributed by atoms with Crippen molar-refractivity contribution in [3.05, 3.63) is 93.6 Å². The molecule has 1 aliphatic rings. The number of nitrogens with one attached hydrogen (secondary N) is 1. The fourth-order valence-corrected chi connectivity index (χ4v) is 4.60. The molecule has 2 N–H and O–H groups in total. The molecule has 0 fully saturated rings. The molecule has 2 heterocycles. The first-order valence-corrected chi connectivity index (χ1v) is 11.6. The lowest BCUT2D eigenvalue weighted by Gasteiger charge is -2.21. The van der Waals surface area contributed by atoms with E-state index in [0.717, 1.165) is 5.56 Å². The molecule has 0 spiro atoms. The maximum absolute atomic E-state index is 14.3. The summed E-state index contributed by atoms with van der Waals surface area (Å²) < 4.78 is 26.6. The van der Waals surface area contributed by atoms with Crippen LogP contribution in [-0.4, -0.2) is 22.4 Å². The molecule has 3 aromatic carbocycles. The molecule has 0 radical (unpaired) electrons. The molecule has 1 atom stereocenters. The van der Waals surface area contributed by atoms with Gasteiger partial charge in [-0.25, -0.2) is 4.39 Å². The molecule has 5 rings (SSSR count). The predicted molar refractivity (Wildman–Crippen MR) is 132 cm³/mol. The van der Waals surface area contributed by atoms with E-state index in [1.54, 1.807) is 18.2 Å². The zero-order valence-corrected chi connectivity index (χ0v) is 19.5. The van der Waals surface area contributed by atoms with Crippen LogP contribution in [0, 0.1) is 10.7 Å². The fourth-order valence-electron chi connectivity index (χ4n) is 4.60. The van der Waals surface area contributed by atoms with Crippen molar-refractivity contribution in [1.29, 1.82) is 0 Å². The average molecular weight is 490 g/mol. The molecule has 0 saturated heterocycles. The largest absolute Gasteiger partial charge is 0.493 e. The number of nitrogens with zero attached hydrogens (tertiary/aromatic N) is 2. The first-order valence-electron chi connectivity index (χ1n) is 11.6. The third-order valence-electron chi connectivity index (χ3n) is 6.36. The zero-order chi connectivity index (χ0) is 25.2. The van der Waals surface area contributed by atoms with Gasteiger partial charge in [0.1, 0.15) is 11.6 Å². The monoisotopic (exact) mass is 489 g/mol. The minimum atomic E-state index is -0.478. The van der Waals surface area contributed by atoms with Crippen LogP contribution in [0.25, 0.3) is 10.9 Å². The van der Waals surface area contributed by atoms with Crippen LogP contribution >= 0.6 is 0 Å². The summed E-state index contributed by atoms with van der Waals surface area (Å²) in [6, 6.07) is 16.9. The van der Waals surface area contributed by atoms with Gasteiger partial charge >= 0.3 is 0 Å². The fraction of sp³-hybridized carbons (Fsp3) is 0.222. The van der Waals surface area contributed by atoms with Crippen LogP contribution in [-0.2, 0) is 17.9 Å². The number of carbonyl (C=O) groups excluding carboxylic acids is 1. The van der Waals surface area contributed by atoms with E-state index < -0.39 is 5.82 Å². The third kappa shape index (κ3) is 4.29. The quantitative estimate of drug-likeness (QED) is 0.325. The molecule has 0 bridgehead atoms. The van der Waals surface area contributed by atoms with E-state index in [-0.39, 0.29) is 43.5 Å². The molecule has 1 aromatic heterocycles. The van der Waals surface area contributed by atoms with E-state index in [2.05, 4.69) is 10.5 Å². The molecular weight excluding hydrogens is 465 g/mol. The van der Waals surface area contributed by atoms with Gasteiger partial charge in [-0.05, 0) is 47.5 Å². The van der Waals surface area contributed by atoms with Gasteiger partial charge in [0, 0.05) is 22.1 Å². The van der Waals surface area contributed by atoms with Crippen LogP contribution in [0.5, 0.6) is 11.6 Å². The second-order valence-electron chi connectivity index (χ2n) is 8.59. The van der Waals surface area contributed by atoms with Crippen molar-refractivity contribution >= 4 is 22.5 Å². The number of amides is 1. The predicted octanol–water partition coefficient (Wildman–Crippen LogP) is 5.68. The third-order valence-corrected chi connectivity index (χ3v) is 6.36. The van der Waals surface area contributed by atoms with Gasteiger partial charge in [0.2, 0.25) is 5.88 Å². The zero-order valence-electron chi connectivity index (χ0n) is 19.5. The van der Waals surface area contributed by atoms with E-state index in [9.17, 15) is 19.2 Å². The van der Waals surface area contributed by atoms with Gasteiger partial charge in [-0.2, -0.15) is 0 Å². The summed E-state index contributed by atoms with van der Waals surface area (Å²) in [5, 5.41) is 17.2. The minimum Gasteiger partial charge on any atom is -0.493 e. The van der Waals surface area contributed by atoms with Gasteiger partial charge in [-0.3, -0.25) is 4.79 Å². The maximum Gasteiger partial charge on any atom is 0.251 e. The van der Waals surface area contributed by atoms with Crippen LogP contribution in [0.2, 0.25) is 0 Å². The van der Waals surface area contributed by atoms with E-state index in [1.807, 2.05) is 37.3 Å². The number of nitroso groups, excluding NO2 is 1. The molecule has 1 aliphatic heterocycles. The Morgan fingerprint density at radius 1 is 1.19 bits per heavy atom. The maximum atomic E-state index is 14.3. The first kappa shape index (κ1) is 23.5.